The topological polar surface area (TPSA) is 53.1 Å². The Labute approximate surface area is 107 Å². The van der Waals surface area contributed by atoms with Crippen LogP contribution in [0.15, 0.2) is 24.4 Å². The molecule has 0 saturated heterocycles. The Hall–Kier alpha value is -1.81. The number of hydrogen-bond donors (Lipinski definition) is 1. The third-order valence-electron chi connectivity index (χ3n) is 3.05. The zero-order valence-corrected chi connectivity index (χ0v) is 11.1. The van der Waals surface area contributed by atoms with E-state index in [9.17, 15) is 0 Å². The third kappa shape index (κ3) is 2.24. The van der Waals surface area contributed by atoms with Gasteiger partial charge in [-0.25, -0.2) is 4.98 Å². The highest BCUT2D eigenvalue weighted by Crippen LogP contribution is 2.30. The number of methoxy groups -OCH3 is 1. The number of rotatable bonds is 4. The van der Waals surface area contributed by atoms with E-state index in [0.29, 0.717) is 6.54 Å². The number of hydrogen-bond acceptors (Lipinski definition) is 3. The van der Waals surface area contributed by atoms with Crippen LogP contribution in [0.4, 0.5) is 0 Å². The van der Waals surface area contributed by atoms with Gasteiger partial charge in [0.25, 0.3) is 0 Å². The molecule has 4 heteroatoms. The van der Waals surface area contributed by atoms with Gasteiger partial charge in [-0.3, -0.25) is 0 Å². The molecule has 0 saturated carbocycles. The van der Waals surface area contributed by atoms with E-state index in [-0.39, 0.29) is 0 Å². The van der Waals surface area contributed by atoms with Crippen LogP contribution in [-0.4, -0.2) is 16.7 Å². The summed E-state index contributed by atoms with van der Waals surface area (Å²) in [5, 5.41) is 0. The first-order chi connectivity index (χ1) is 8.69. The largest absolute Gasteiger partial charge is 0.496 e. The zero-order valence-electron chi connectivity index (χ0n) is 11.1. The average molecular weight is 245 g/mol. The molecule has 0 spiro atoms. The van der Waals surface area contributed by atoms with Crippen LogP contribution in [0.3, 0.4) is 0 Å². The molecular formula is C14H19N3O. The number of imidazole rings is 1. The van der Waals surface area contributed by atoms with Gasteiger partial charge in [-0.1, -0.05) is 13.0 Å². The molecule has 0 radical (unpaired) electrons. The van der Waals surface area contributed by atoms with Crippen LogP contribution in [0, 0.1) is 0 Å². The standard InChI is InChI=1S/C14H19N3O/c1-4-10-5-6-13(18-3)12(7-10)14-16-11(8-15)9-17(14)2/h5-7,9H,4,8,15H2,1-3H3. The number of ether oxygens (including phenoxy) is 1. The third-order valence-corrected chi connectivity index (χ3v) is 3.05. The second-order valence-corrected chi connectivity index (χ2v) is 4.26. The van der Waals surface area contributed by atoms with E-state index in [0.717, 1.165) is 29.3 Å². The number of nitrogens with two attached hydrogens (primary N) is 1. The smallest absolute Gasteiger partial charge is 0.143 e. The molecule has 0 bridgehead atoms. The van der Waals surface area contributed by atoms with Crippen LogP contribution in [0.2, 0.25) is 0 Å². The van der Waals surface area contributed by atoms with Crippen LogP contribution in [0.1, 0.15) is 18.2 Å². The number of aromatic nitrogens is 2. The minimum absolute atomic E-state index is 0.448. The monoisotopic (exact) mass is 245 g/mol. The van der Waals surface area contributed by atoms with Gasteiger partial charge in [0.2, 0.25) is 0 Å². The van der Waals surface area contributed by atoms with Crippen molar-refractivity contribution in [2.45, 2.75) is 19.9 Å². The maximum absolute atomic E-state index is 5.63. The molecule has 4 nitrogen and oxygen atoms in total. The minimum Gasteiger partial charge on any atom is -0.496 e. The molecule has 1 aromatic carbocycles. The first kappa shape index (κ1) is 12.6. The van der Waals surface area contributed by atoms with E-state index in [4.69, 9.17) is 10.5 Å². The van der Waals surface area contributed by atoms with E-state index in [1.54, 1.807) is 7.11 Å². The van der Waals surface area contributed by atoms with Crippen molar-refractivity contribution < 1.29 is 4.74 Å². The van der Waals surface area contributed by atoms with Gasteiger partial charge in [0, 0.05) is 19.8 Å². The summed E-state index contributed by atoms with van der Waals surface area (Å²) in [4.78, 5) is 4.54. The number of nitrogens with zero attached hydrogens (tertiary/aromatic N) is 2. The van der Waals surface area contributed by atoms with E-state index >= 15 is 0 Å². The van der Waals surface area contributed by atoms with Crippen LogP contribution in [0.25, 0.3) is 11.4 Å². The first-order valence-electron chi connectivity index (χ1n) is 6.09. The number of aryl methyl sites for hydroxylation is 2. The molecule has 2 rings (SSSR count). The molecule has 0 aliphatic heterocycles. The Morgan fingerprint density at radius 1 is 1.39 bits per heavy atom. The van der Waals surface area contributed by atoms with Crippen LogP contribution < -0.4 is 10.5 Å². The molecule has 96 valence electrons. The Morgan fingerprint density at radius 2 is 2.17 bits per heavy atom. The van der Waals surface area contributed by atoms with E-state index in [1.807, 2.05) is 23.9 Å². The van der Waals surface area contributed by atoms with Crippen molar-refractivity contribution in [3.63, 3.8) is 0 Å². The molecular weight excluding hydrogens is 226 g/mol. The van der Waals surface area contributed by atoms with E-state index in [2.05, 4.69) is 24.0 Å². The fourth-order valence-corrected chi connectivity index (χ4v) is 2.03. The number of benzene rings is 1. The van der Waals surface area contributed by atoms with Gasteiger partial charge >= 0.3 is 0 Å². The van der Waals surface area contributed by atoms with Crippen molar-refractivity contribution >= 4 is 0 Å². The summed E-state index contributed by atoms with van der Waals surface area (Å²) < 4.78 is 7.40. The van der Waals surface area contributed by atoms with Gasteiger partial charge < -0.3 is 15.0 Å². The highest BCUT2D eigenvalue weighted by molar-refractivity contribution is 5.66. The Morgan fingerprint density at radius 3 is 2.72 bits per heavy atom. The van der Waals surface area contributed by atoms with Crippen molar-refractivity contribution in [3.05, 3.63) is 35.7 Å². The molecule has 2 aromatic rings. The van der Waals surface area contributed by atoms with Gasteiger partial charge in [-0.15, -0.1) is 0 Å². The highest BCUT2D eigenvalue weighted by Gasteiger charge is 2.12. The van der Waals surface area contributed by atoms with Crippen LogP contribution in [0.5, 0.6) is 5.75 Å². The molecule has 0 atom stereocenters. The van der Waals surface area contributed by atoms with Crippen molar-refractivity contribution in [1.82, 2.24) is 9.55 Å². The summed E-state index contributed by atoms with van der Waals surface area (Å²) in [6.45, 7) is 2.58. The highest BCUT2D eigenvalue weighted by atomic mass is 16.5. The Bertz CT molecular complexity index is 546. The van der Waals surface area contributed by atoms with Gasteiger partial charge in [0.1, 0.15) is 11.6 Å². The lowest BCUT2D eigenvalue weighted by Crippen LogP contribution is -1.97. The van der Waals surface area contributed by atoms with Gasteiger partial charge in [0.15, 0.2) is 0 Å². The molecule has 0 aliphatic rings. The molecule has 0 unspecified atom stereocenters. The van der Waals surface area contributed by atoms with Crippen molar-refractivity contribution in [3.8, 4) is 17.1 Å². The molecule has 0 fully saturated rings. The Kier molecular flexibility index (Phi) is 3.67. The fraction of sp³-hybridized carbons (Fsp3) is 0.357. The molecule has 1 heterocycles. The van der Waals surface area contributed by atoms with E-state index < -0.39 is 0 Å². The van der Waals surface area contributed by atoms with Gasteiger partial charge in [-0.05, 0) is 24.1 Å². The summed E-state index contributed by atoms with van der Waals surface area (Å²) in [7, 11) is 3.65. The van der Waals surface area contributed by atoms with Crippen molar-refractivity contribution in [1.29, 1.82) is 0 Å². The molecule has 1 aromatic heterocycles. The molecule has 18 heavy (non-hydrogen) atoms. The zero-order chi connectivity index (χ0) is 13.1. The molecule has 0 aliphatic carbocycles. The summed E-state index contributed by atoms with van der Waals surface area (Å²) in [6, 6.07) is 6.20. The summed E-state index contributed by atoms with van der Waals surface area (Å²) >= 11 is 0. The normalized spacial score (nSPS) is 10.7. The van der Waals surface area contributed by atoms with Crippen molar-refractivity contribution in [2.75, 3.05) is 7.11 Å². The van der Waals surface area contributed by atoms with Crippen LogP contribution >= 0.6 is 0 Å². The summed E-state index contributed by atoms with van der Waals surface area (Å²) in [5.41, 5.74) is 8.80. The predicted octanol–water partition coefficient (Wildman–Crippen LogP) is 2.12. The average Bonchev–Trinajstić information content (AvgIpc) is 2.79. The summed E-state index contributed by atoms with van der Waals surface area (Å²) in [6.07, 6.45) is 2.94. The van der Waals surface area contributed by atoms with Gasteiger partial charge in [-0.2, -0.15) is 0 Å². The Balaban J connectivity index is 2.56. The maximum Gasteiger partial charge on any atom is 0.143 e. The maximum atomic E-state index is 5.63. The summed E-state index contributed by atoms with van der Waals surface area (Å²) in [5.74, 6) is 1.73. The van der Waals surface area contributed by atoms with Gasteiger partial charge in [0.05, 0.1) is 18.4 Å². The first-order valence-corrected chi connectivity index (χ1v) is 6.09. The quantitative estimate of drug-likeness (QED) is 0.897. The van der Waals surface area contributed by atoms with Crippen LogP contribution in [-0.2, 0) is 20.0 Å². The lowest BCUT2D eigenvalue weighted by Gasteiger charge is -2.10. The molecule has 0 amide bonds. The SMILES string of the molecule is CCc1ccc(OC)c(-c2nc(CN)cn2C)c1. The predicted molar refractivity (Wildman–Crippen MR) is 72.5 cm³/mol. The lowest BCUT2D eigenvalue weighted by atomic mass is 10.1. The lowest BCUT2D eigenvalue weighted by molar-refractivity contribution is 0.416. The van der Waals surface area contributed by atoms with E-state index in [1.165, 1.54) is 5.56 Å². The fourth-order valence-electron chi connectivity index (χ4n) is 2.03. The minimum atomic E-state index is 0.448. The second-order valence-electron chi connectivity index (χ2n) is 4.26. The second kappa shape index (κ2) is 5.23. The van der Waals surface area contributed by atoms with Crippen molar-refractivity contribution in [2.24, 2.45) is 12.8 Å². The molecule has 2 N–H and O–H groups in total.